The Morgan fingerprint density at radius 1 is 1.00 bits per heavy atom. The van der Waals surface area contributed by atoms with E-state index in [1.807, 2.05) is 48.5 Å². The van der Waals surface area contributed by atoms with Gasteiger partial charge in [0.05, 0.1) is 19.0 Å². The fourth-order valence-electron chi connectivity index (χ4n) is 2.24. The lowest BCUT2D eigenvalue weighted by molar-refractivity contribution is 0.187. The number of aromatic nitrogens is 1. The molecular weight excluding hydrogens is 366 g/mol. The van der Waals surface area contributed by atoms with E-state index in [2.05, 4.69) is 20.4 Å². The molecular formula is C20H18ClN3O3. The summed E-state index contributed by atoms with van der Waals surface area (Å²) in [5, 5.41) is 6.43. The Kier molecular flexibility index (Phi) is 6.12. The molecule has 0 aliphatic rings. The monoisotopic (exact) mass is 383 g/mol. The number of carbonyl (C=O) groups excluding carboxylic acids is 1. The lowest BCUT2D eigenvalue weighted by atomic mass is 10.2. The van der Waals surface area contributed by atoms with Crippen LogP contribution in [0.2, 0.25) is 5.02 Å². The highest BCUT2D eigenvalue weighted by Gasteiger charge is 2.02. The van der Waals surface area contributed by atoms with Crippen LogP contribution in [-0.2, 0) is 11.3 Å². The van der Waals surface area contributed by atoms with Crippen molar-refractivity contribution in [2.75, 3.05) is 17.7 Å². The number of hydrogen-bond donors (Lipinski definition) is 2. The van der Waals surface area contributed by atoms with Crippen molar-refractivity contribution < 1.29 is 14.3 Å². The average molecular weight is 384 g/mol. The van der Waals surface area contributed by atoms with Crippen LogP contribution in [0, 0.1) is 0 Å². The van der Waals surface area contributed by atoms with Gasteiger partial charge >= 0.3 is 6.09 Å². The van der Waals surface area contributed by atoms with E-state index in [4.69, 9.17) is 16.3 Å². The molecule has 0 saturated carbocycles. The second kappa shape index (κ2) is 8.91. The van der Waals surface area contributed by atoms with Crippen LogP contribution in [0.5, 0.6) is 5.75 Å². The van der Waals surface area contributed by atoms with Gasteiger partial charge in [-0.1, -0.05) is 23.7 Å². The zero-order chi connectivity index (χ0) is 19.1. The number of rotatable bonds is 6. The first-order chi connectivity index (χ1) is 13.1. The van der Waals surface area contributed by atoms with E-state index in [-0.39, 0.29) is 0 Å². The molecule has 0 bridgehead atoms. The molecule has 0 unspecified atom stereocenters. The van der Waals surface area contributed by atoms with Crippen molar-refractivity contribution in [3.8, 4) is 5.75 Å². The van der Waals surface area contributed by atoms with E-state index in [1.165, 1.54) is 7.11 Å². The highest BCUT2D eigenvalue weighted by molar-refractivity contribution is 6.30. The first-order valence-corrected chi connectivity index (χ1v) is 8.55. The number of methoxy groups -OCH3 is 1. The molecule has 1 heterocycles. The van der Waals surface area contributed by atoms with Crippen LogP contribution in [0.15, 0.2) is 66.9 Å². The SMILES string of the molecule is COC(=O)Nc1ccc(Nc2ccc(OCc3ccc(Cl)cc3)cc2)nc1. The van der Waals surface area contributed by atoms with Crippen molar-refractivity contribution in [3.63, 3.8) is 0 Å². The van der Waals surface area contributed by atoms with E-state index in [0.29, 0.717) is 23.1 Å². The third-order valence-corrected chi connectivity index (χ3v) is 3.89. The van der Waals surface area contributed by atoms with Crippen LogP contribution >= 0.6 is 11.6 Å². The van der Waals surface area contributed by atoms with Gasteiger partial charge in [0.15, 0.2) is 0 Å². The first kappa shape index (κ1) is 18.5. The minimum Gasteiger partial charge on any atom is -0.489 e. The van der Waals surface area contributed by atoms with E-state index in [9.17, 15) is 4.79 Å². The molecule has 3 aromatic rings. The zero-order valence-corrected chi connectivity index (χ0v) is 15.4. The molecule has 0 atom stereocenters. The largest absolute Gasteiger partial charge is 0.489 e. The summed E-state index contributed by atoms with van der Waals surface area (Å²) in [5.74, 6) is 1.42. The van der Waals surface area contributed by atoms with Crippen molar-refractivity contribution in [3.05, 3.63) is 77.4 Å². The second-order valence-corrected chi connectivity index (χ2v) is 6.05. The Labute approximate surface area is 162 Å². The Morgan fingerprint density at radius 2 is 1.70 bits per heavy atom. The van der Waals surface area contributed by atoms with Gasteiger partial charge in [0, 0.05) is 10.7 Å². The van der Waals surface area contributed by atoms with E-state index in [1.54, 1.807) is 18.3 Å². The molecule has 0 fully saturated rings. The number of nitrogens with zero attached hydrogens (tertiary/aromatic N) is 1. The van der Waals surface area contributed by atoms with E-state index in [0.717, 1.165) is 17.0 Å². The first-order valence-electron chi connectivity index (χ1n) is 8.18. The third kappa shape index (κ3) is 5.62. The lowest BCUT2D eigenvalue weighted by Gasteiger charge is -2.09. The molecule has 3 rings (SSSR count). The Bertz CT molecular complexity index is 882. The summed E-state index contributed by atoms with van der Waals surface area (Å²) in [6.07, 6.45) is 1.01. The number of nitrogens with one attached hydrogen (secondary N) is 2. The molecule has 138 valence electrons. The molecule has 2 aromatic carbocycles. The quantitative estimate of drug-likeness (QED) is 0.609. The van der Waals surface area contributed by atoms with Gasteiger partial charge < -0.3 is 14.8 Å². The van der Waals surface area contributed by atoms with Crippen molar-refractivity contribution in [2.24, 2.45) is 0 Å². The average Bonchev–Trinajstić information content (AvgIpc) is 2.70. The van der Waals surface area contributed by atoms with Gasteiger partial charge in [-0.15, -0.1) is 0 Å². The molecule has 1 amide bonds. The molecule has 0 aliphatic carbocycles. The maximum absolute atomic E-state index is 11.2. The lowest BCUT2D eigenvalue weighted by Crippen LogP contribution is -2.11. The summed E-state index contributed by atoms with van der Waals surface area (Å²) in [6, 6.07) is 18.6. The van der Waals surface area contributed by atoms with Crippen LogP contribution in [0.25, 0.3) is 0 Å². The molecule has 2 N–H and O–H groups in total. The molecule has 7 heteroatoms. The summed E-state index contributed by atoms with van der Waals surface area (Å²) < 4.78 is 10.3. The number of pyridine rings is 1. The number of carbonyl (C=O) groups is 1. The summed E-state index contributed by atoms with van der Waals surface area (Å²) in [7, 11) is 1.31. The standard InChI is InChI=1S/C20H18ClN3O3/c1-26-20(25)24-17-8-11-19(22-12-17)23-16-6-9-18(10-7-16)27-13-14-2-4-15(21)5-3-14/h2-12H,13H2,1H3,(H,22,23)(H,24,25). The number of ether oxygens (including phenoxy) is 2. The topological polar surface area (TPSA) is 72.5 Å². The third-order valence-electron chi connectivity index (χ3n) is 3.64. The van der Waals surface area contributed by atoms with Crippen molar-refractivity contribution in [1.82, 2.24) is 4.98 Å². The van der Waals surface area contributed by atoms with E-state index >= 15 is 0 Å². The molecule has 0 spiro atoms. The Morgan fingerprint density at radius 3 is 2.33 bits per heavy atom. The molecule has 0 radical (unpaired) electrons. The minimum absolute atomic E-state index is 0.472. The Hall–Kier alpha value is -3.25. The molecule has 0 saturated heterocycles. The second-order valence-electron chi connectivity index (χ2n) is 5.61. The van der Waals surface area contributed by atoms with Crippen LogP contribution < -0.4 is 15.4 Å². The summed E-state index contributed by atoms with van der Waals surface area (Å²) in [6.45, 7) is 0.472. The van der Waals surface area contributed by atoms with Crippen molar-refractivity contribution in [1.29, 1.82) is 0 Å². The van der Waals surface area contributed by atoms with Gasteiger partial charge in [-0.05, 0) is 54.1 Å². The maximum Gasteiger partial charge on any atom is 0.411 e. The van der Waals surface area contributed by atoms with E-state index < -0.39 is 6.09 Å². The number of amides is 1. The van der Waals surface area contributed by atoms with Gasteiger partial charge in [0.1, 0.15) is 18.2 Å². The molecule has 6 nitrogen and oxygen atoms in total. The number of hydrogen-bond acceptors (Lipinski definition) is 5. The van der Waals surface area contributed by atoms with Gasteiger partial charge in [-0.2, -0.15) is 0 Å². The number of halogens is 1. The van der Waals surface area contributed by atoms with Crippen molar-refractivity contribution >= 4 is 34.9 Å². The number of benzene rings is 2. The highest BCUT2D eigenvalue weighted by atomic mass is 35.5. The summed E-state index contributed by atoms with van der Waals surface area (Å²) in [5.41, 5.74) is 2.47. The van der Waals surface area contributed by atoms with Gasteiger partial charge in [0.25, 0.3) is 0 Å². The summed E-state index contributed by atoms with van der Waals surface area (Å²) >= 11 is 5.87. The fraction of sp³-hybridized carbons (Fsp3) is 0.100. The van der Waals surface area contributed by atoms with Crippen LogP contribution in [0.3, 0.4) is 0 Å². The van der Waals surface area contributed by atoms with Gasteiger partial charge in [-0.3, -0.25) is 5.32 Å². The van der Waals surface area contributed by atoms with Gasteiger partial charge in [-0.25, -0.2) is 9.78 Å². The molecule has 0 aliphatic heterocycles. The smallest absolute Gasteiger partial charge is 0.411 e. The predicted molar refractivity (Wildman–Crippen MR) is 106 cm³/mol. The fourth-order valence-corrected chi connectivity index (χ4v) is 2.37. The van der Waals surface area contributed by atoms with Crippen molar-refractivity contribution in [2.45, 2.75) is 6.61 Å². The van der Waals surface area contributed by atoms with Crippen LogP contribution in [0.4, 0.5) is 22.0 Å². The molecule has 27 heavy (non-hydrogen) atoms. The number of anilines is 3. The normalized spacial score (nSPS) is 10.1. The Balaban J connectivity index is 1.54. The van der Waals surface area contributed by atoms with Crippen LogP contribution in [-0.4, -0.2) is 18.2 Å². The van der Waals surface area contributed by atoms with Crippen LogP contribution in [0.1, 0.15) is 5.56 Å². The highest BCUT2D eigenvalue weighted by Crippen LogP contribution is 2.21. The zero-order valence-electron chi connectivity index (χ0n) is 14.6. The predicted octanol–water partition coefficient (Wildman–Crippen LogP) is 5.24. The van der Waals surface area contributed by atoms with Gasteiger partial charge in [0.2, 0.25) is 0 Å². The minimum atomic E-state index is -0.535. The summed E-state index contributed by atoms with van der Waals surface area (Å²) in [4.78, 5) is 15.4. The maximum atomic E-state index is 11.2. The molecule has 1 aromatic heterocycles.